The number of ether oxygens (including phenoxy) is 1. The lowest BCUT2D eigenvalue weighted by atomic mass is 10.1. The average Bonchev–Trinajstić information content (AvgIpc) is 3.23. The number of carbonyl (C=O) groups is 1. The lowest BCUT2D eigenvalue weighted by Gasteiger charge is -2.17. The predicted molar refractivity (Wildman–Crippen MR) is 118 cm³/mol. The Morgan fingerprint density at radius 1 is 1.03 bits per heavy atom. The SMILES string of the molecule is COc1ccc(C(=O)N(C)Cc2cn(-c3ccccc3)nc2-c2ccccc2)cc1F. The summed E-state index contributed by atoms with van der Waals surface area (Å²) in [6.07, 6.45) is 1.93. The van der Waals surface area contributed by atoms with E-state index in [4.69, 9.17) is 9.84 Å². The van der Waals surface area contributed by atoms with E-state index in [2.05, 4.69) is 0 Å². The lowest BCUT2D eigenvalue weighted by Crippen LogP contribution is -2.26. The first kappa shape index (κ1) is 20.3. The van der Waals surface area contributed by atoms with Crippen molar-refractivity contribution in [1.29, 1.82) is 0 Å². The molecule has 0 saturated carbocycles. The molecule has 0 fully saturated rings. The fraction of sp³-hybridized carbons (Fsp3) is 0.120. The number of nitrogens with zero attached hydrogens (tertiary/aromatic N) is 3. The minimum Gasteiger partial charge on any atom is -0.494 e. The minimum atomic E-state index is -0.566. The second-order valence-electron chi connectivity index (χ2n) is 7.16. The van der Waals surface area contributed by atoms with Gasteiger partial charge in [-0.2, -0.15) is 5.10 Å². The summed E-state index contributed by atoms with van der Waals surface area (Å²) in [5.74, 6) is -0.744. The minimum absolute atomic E-state index is 0.106. The topological polar surface area (TPSA) is 47.4 Å². The Balaban J connectivity index is 1.66. The van der Waals surface area contributed by atoms with Crippen LogP contribution in [0.15, 0.2) is 85.1 Å². The standard InChI is InChI=1S/C25H22FN3O2/c1-28(25(30)19-13-14-23(31-2)22(26)15-19)16-20-17-29(21-11-7-4-8-12-21)27-24(20)18-9-5-3-6-10-18/h3-15,17H,16H2,1-2H3. The Morgan fingerprint density at radius 2 is 1.71 bits per heavy atom. The Hall–Kier alpha value is -3.93. The number of amides is 1. The van der Waals surface area contributed by atoms with Crippen LogP contribution < -0.4 is 4.74 Å². The molecule has 156 valence electrons. The van der Waals surface area contributed by atoms with Crippen molar-refractivity contribution in [2.24, 2.45) is 0 Å². The highest BCUT2D eigenvalue weighted by Gasteiger charge is 2.19. The van der Waals surface area contributed by atoms with Gasteiger partial charge in [0.1, 0.15) is 0 Å². The first-order valence-electron chi connectivity index (χ1n) is 9.85. The Bertz CT molecular complexity index is 1190. The maximum absolute atomic E-state index is 14.1. The van der Waals surface area contributed by atoms with Gasteiger partial charge in [0, 0.05) is 36.5 Å². The second kappa shape index (κ2) is 8.83. The number of para-hydroxylation sites is 1. The first-order valence-corrected chi connectivity index (χ1v) is 9.85. The molecule has 0 aliphatic carbocycles. The van der Waals surface area contributed by atoms with Crippen LogP contribution in [0.5, 0.6) is 5.75 Å². The van der Waals surface area contributed by atoms with Crippen LogP contribution >= 0.6 is 0 Å². The van der Waals surface area contributed by atoms with Crippen LogP contribution in [-0.2, 0) is 6.54 Å². The summed E-state index contributed by atoms with van der Waals surface area (Å²) in [7, 11) is 3.08. The molecule has 6 heteroatoms. The number of carbonyl (C=O) groups excluding carboxylic acids is 1. The highest BCUT2D eigenvalue weighted by molar-refractivity contribution is 5.94. The summed E-state index contributed by atoms with van der Waals surface area (Å²) in [5, 5.41) is 4.77. The van der Waals surface area contributed by atoms with E-state index < -0.39 is 5.82 Å². The number of rotatable bonds is 6. The van der Waals surface area contributed by atoms with Crippen LogP contribution in [0.3, 0.4) is 0 Å². The molecule has 1 aromatic heterocycles. The molecular formula is C25H22FN3O2. The van der Waals surface area contributed by atoms with E-state index in [1.54, 1.807) is 18.0 Å². The number of hydrogen-bond acceptors (Lipinski definition) is 3. The monoisotopic (exact) mass is 415 g/mol. The van der Waals surface area contributed by atoms with Crippen LogP contribution in [0.2, 0.25) is 0 Å². The number of halogens is 1. The molecule has 0 radical (unpaired) electrons. The van der Waals surface area contributed by atoms with Gasteiger partial charge in [0.25, 0.3) is 5.91 Å². The molecule has 0 N–H and O–H groups in total. The highest BCUT2D eigenvalue weighted by Crippen LogP contribution is 2.25. The molecular weight excluding hydrogens is 393 g/mol. The number of hydrogen-bond donors (Lipinski definition) is 0. The molecule has 3 aromatic carbocycles. The third-order valence-electron chi connectivity index (χ3n) is 5.01. The summed E-state index contributed by atoms with van der Waals surface area (Å²) in [5.41, 5.74) is 3.84. The molecule has 0 saturated heterocycles. The maximum atomic E-state index is 14.1. The number of benzene rings is 3. The van der Waals surface area contributed by atoms with Crippen molar-refractivity contribution in [3.05, 3.63) is 102 Å². The van der Waals surface area contributed by atoms with Crippen molar-refractivity contribution >= 4 is 5.91 Å². The molecule has 0 aliphatic heterocycles. The molecule has 5 nitrogen and oxygen atoms in total. The van der Waals surface area contributed by atoms with Crippen LogP contribution in [0.1, 0.15) is 15.9 Å². The van der Waals surface area contributed by atoms with Crippen molar-refractivity contribution in [3.8, 4) is 22.7 Å². The predicted octanol–water partition coefficient (Wildman–Crippen LogP) is 4.96. The fourth-order valence-electron chi connectivity index (χ4n) is 3.42. The molecule has 0 aliphatic rings. The van der Waals surface area contributed by atoms with Gasteiger partial charge in [0.05, 0.1) is 18.5 Å². The van der Waals surface area contributed by atoms with Crippen molar-refractivity contribution in [1.82, 2.24) is 14.7 Å². The summed E-state index contributed by atoms with van der Waals surface area (Å²) in [6, 6.07) is 23.8. The van der Waals surface area contributed by atoms with Gasteiger partial charge in [-0.3, -0.25) is 4.79 Å². The van der Waals surface area contributed by atoms with Gasteiger partial charge in [0.15, 0.2) is 11.6 Å². The molecule has 1 amide bonds. The fourth-order valence-corrected chi connectivity index (χ4v) is 3.42. The molecule has 0 spiro atoms. The lowest BCUT2D eigenvalue weighted by molar-refractivity contribution is 0.0784. The van der Waals surface area contributed by atoms with Gasteiger partial charge in [-0.1, -0.05) is 48.5 Å². The Kier molecular flexibility index (Phi) is 5.80. The Labute approximate surface area is 180 Å². The van der Waals surface area contributed by atoms with E-state index in [9.17, 15) is 9.18 Å². The highest BCUT2D eigenvalue weighted by atomic mass is 19.1. The average molecular weight is 415 g/mol. The number of methoxy groups -OCH3 is 1. The zero-order chi connectivity index (χ0) is 21.8. The summed E-state index contributed by atoms with van der Waals surface area (Å²) < 4.78 is 20.8. The summed E-state index contributed by atoms with van der Waals surface area (Å²) in [6.45, 7) is 0.323. The smallest absolute Gasteiger partial charge is 0.254 e. The zero-order valence-electron chi connectivity index (χ0n) is 17.3. The molecule has 31 heavy (non-hydrogen) atoms. The summed E-state index contributed by atoms with van der Waals surface area (Å²) in [4.78, 5) is 14.5. The summed E-state index contributed by atoms with van der Waals surface area (Å²) >= 11 is 0. The molecule has 0 bridgehead atoms. The second-order valence-corrected chi connectivity index (χ2v) is 7.16. The van der Waals surface area contributed by atoms with E-state index in [-0.39, 0.29) is 17.2 Å². The van der Waals surface area contributed by atoms with Gasteiger partial charge >= 0.3 is 0 Å². The van der Waals surface area contributed by atoms with Crippen LogP contribution in [0, 0.1) is 5.82 Å². The maximum Gasteiger partial charge on any atom is 0.254 e. The Morgan fingerprint density at radius 3 is 2.35 bits per heavy atom. The molecule has 0 unspecified atom stereocenters. The molecule has 1 heterocycles. The van der Waals surface area contributed by atoms with E-state index in [1.165, 1.54) is 19.2 Å². The van der Waals surface area contributed by atoms with E-state index in [0.717, 1.165) is 22.5 Å². The van der Waals surface area contributed by atoms with Crippen LogP contribution in [-0.4, -0.2) is 34.7 Å². The van der Waals surface area contributed by atoms with Gasteiger partial charge in [0.2, 0.25) is 0 Å². The largest absolute Gasteiger partial charge is 0.494 e. The van der Waals surface area contributed by atoms with Crippen LogP contribution in [0.4, 0.5) is 4.39 Å². The molecule has 0 atom stereocenters. The van der Waals surface area contributed by atoms with Gasteiger partial charge in [-0.15, -0.1) is 0 Å². The molecule has 4 aromatic rings. The van der Waals surface area contributed by atoms with E-state index in [0.29, 0.717) is 6.54 Å². The van der Waals surface area contributed by atoms with Crippen molar-refractivity contribution in [3.63, 3.8) is 0 Å². The zero-order valence-corrected chi connectivity index (χ0v) is 17.3. The van der Waals surface area contributed by atoms with Gasteiger partial charge in [-0.05, 0) is 30.3 Å². The van der Waals surface area contributed by atoms with Crippen molar-refractivity contribution < 1.29 is 13.9 Å². The van der Waals surface area contributed by atoms with E-state index >= 15 is 0 Å². The van der Waals surface area contributed by atoms with Crippen molar-refractivity contribution in [2.45, 2.75) is 6.54 Å². The van der Waals surface area contributed by atoms with E-state index in [1.807, 2.05) is 71.5 Å². The van der Waals surface area contributed by atoms with Gasteiger partial charge in [-0.25, -0.2) is 9.07 Å². The van der Waals surface area contributed by atoms with Gasteiger partial charge < -0.3 is 9.64 Å². The van der Waals surface area contributed by atoms with Crippen molar-refractivity contribution in [2.75, 3.05) is 14.2 Å². The molecule has 4 rings (SSSR count). The number of aromatic nitrogens is 2. The first-order chi connectivity index (χ1) is 15.1. The van der Waals surface area contributed by atoms with Crippen LogP contribution in [0.25, 0.3) is 16.9 Å². The third-order valence-corrected chi connectivity index (χ3v) is 5.01. The quantitative estimate of drug-likeness (QED) is 0.447. The normalized spacial score (nSPS) is 10.7. The third kappa shape index (κ3) is 4.33.